The normalized spacial score (nSPS) is 14.0. The smallest absolute Gasteiger partial charge is 0.222 e. The van der Waals surface area contributed by atoms with E-state index in [0.717, 1.165) is 29.1 Å². The first-order chi connectivity index (χ1) is 15.1. The number of nitrogens with zero attached hydrogens (tertiary/aromatic N) is 5. The molecule has 0 atom stereocenters. The van der Waals surface area contributed by atoms with E-state index in [1.165, 1.54) is 0 Å². The molecular formula is C23H23Cl2N5O. The van der Waals surface area contributed by atoms with Gasteiger partial charge in [-0.2, -0.15) is 0 Å². The molecule has 0 N–H and O–H groups in total. The molecule has 1 aliphatic rings. The molecule has 0 spiro atoms. The summed E-state index contributed by atoms with van der Waals surface area (Å²) in [6, 6.07) is 9.34. The number of aromatic nitrogens is 3. The van der Waals surface area contributed by atoms with Crippen LogP contribution in [0.3, 0.4) is 0 Å². The molecule has 1 saturated heterocycles. The van der Waals surface area contributed by atoms with Crippen LogP contribution in [-0.2, 0) is 4.79 Å². The predicted octanol–water partition coefficient (Wildman–Crippen LogP) is 4.96. The monoisotopic (exact) mass is 455 g/mol. The third-order valence-corrected chi connectivity index (χ3v) is 5.88. The molecule has 0 unspecified atom stereocenters. The fraction of sp³-hybridized carbons (Fsp3) is 0.304. The summed E-state index contributed by atoms with van der Waals surface area (Å²) >= 11 is 12.5. The van der Waals surface area contributed by atoms with Crippen LogP contribution in [-0.4, -0.2) is 51.9 Å². The van der Waals surface area contributed by atoms with E-state index in [4.69, 9.17) is 33.2 Å². The van der Waals surface area contributed by atoms with Gasteiger partial charge in [0.25, 0.3) is 0 Å². The fourth-order valence-electron chi connectivity index (χ4n) is 3.66. The van der Waals surface area contributed by atoms with Crippen molar-refractivity contribution in [2.75, 3.05) is 31.1 Å². The highest BCUT2D eigenvalue weighted by molar-refractivity contribution is 6.33. The number of hydrogen-bond donors (Lipinski definition) is 0. The molecule has 1 fully saturated rings. The van der Waals surface area contributed by atoms with Gasteiger partial charge in [-0.05, 0) is 24.6 Å². The third-order valence-electron chi connectivity index (χ3n) is 5.33. The van der Waals surface area contributed by atoms with Crippen molar-refractivity contribution in [1.29, 1.82) is 0 Å². The zero-order chi connectivity index (χ0) is 21.8. The summed E-state index contributed by atoms with van der Waals surface area (Å²) in [6.07, 6.45) is 6.55. The number of carbonyl (C=O) groups is 1. The van der Waals surface area contributed by atoms with Crippen molar-refractivity contribution in [3.05, 3.63) is 59.0 Å². The largest absolute Gasteiger partial charge is 0.352 e. The summed E-state index contributed by atoms with van der Waals surface area (Å²) in [4.78, 5) is 30.1. The second-order valence-corrected chi connectivity index (χ2v) is 8.25. The minimum absolute atomic E-state index is 0.218. The molecule has 0 aliphatic carbocycles. The average molecular weight is 456 g/mol. The summed E-state index contributed by atoms with van der Waals surface area (Å²) in [6.45, 7) is 4.83. The van der Waals surface area contributed by atoms with Crippen molar-refractivity contribution in [1.82, 2.24) is 19.9 Å². The average Bonchev–Trinajstić information content (AvgIpc) is 2.80. The van der Waals surface area contributed by atoms with Gasteiger partial charge >= 0.3 is 0 Å². The Morgan fingerprint density at radius 2 is 1.74 bits per heavy atom. The van der Waals surface area contributed by atoms with Crippen LogP contribution < -0.4 is 4.90 Å². The maximum Gasteiger partial charge on any atom is 0.222 e. The first-order valence-corrected chi connectivity index (χ1v) is 11.1. The zero-order valence-electron chi connectivity index (χ0n) is 17.3. The molecule has 1 amide bonds. The van der Waals surface area contributed by atoms with Gasteiger partial charge in [-0.15, -0.1) is 0 Å². The molecule has 2 aromatic heterocycles. The Kier molecular flexibility index (Phi) is 6.68. The molecule has 3 heterocycles. The van der Waals surface area contributed by atoms with E-state index >= 15 is 0 Å². The first kappa shape index (κ1) is 21.5. The Morgan fingerprint density at radius 3 is 2.42 bits per heavy atom. The molecule has 3 aromatic rings. The van der Waals surface area contributed by atoms with Gasteiger partial charge in [-0.3, -0.25) is 14.8 Å². The first-order valence-electron chi connectivity index (χ1n) is 10.3. The van der Waals surface area contributed by atoms with Crippen LogP contribution in [0.4, 0.5) is 5.82 Å². The lowest BCUT2D eigenvalue weighted by Gasteiger charge is -2.35. The highest BCUT2D eigenvalue weighted by atomic mass is 35.5. The van der Waals surface area contributed by atoms with Gasteiger partial charge < -0.3 is 9.80 Å². The van der Waals surface area contributed by atoms with E-state index in [1.54, 1.807) is 18.6 Å². The molecule has 0 radical (unpaired) electrons. The van der Waals surface area contributed by atoms with Crippen molar-refractivity contribution in [3.8, 4) is 22.5 Å². The van der Waals surface area contributed by atoms with Crippen LogP contribution in [0.5, 0.6) is 0 Å². The van der Waals surface area contributed by atoms with E-state index in [-0.39, 0.29) is 5.91 Å². The topological polar surface area (TPSA) is 62.2 Å². The number of halogens is 2. The van der Waals surface area contributed by atoms with Crippen molar-refractivity contribution < 1.29 is 4.79 Å². The summed E-state index contributed by atoms with van der Waals surface area (Å²) in [7, 11) is 0. The van der Waals surface area contributed by atoms with Crippen LogP contribution in [0, 0.1) is 0 Å². The number of rotatable bonds is 5. The van der Waals surface area contributed by atoms with Crippen molar-refractivity contribution in [2.24, 2.45) is 0 Å². The van der Waals surface area contributed by atoms with Crippen molar-refractivity contribution >= 4 is 34.9 Å². The highest BCUT2D eigenvalue weighted by Gasteiger charge is 2.23. The number of carbonyl (C=O) groups excluding carboxylic acids is 1. The van der Waals surface area contributed by atoms with E-state index in [2.05, 4.69) is 9.88 Å². The lowest BCUT2D eigenvalue weighted by atomic mass is 10.0. The molecule has 4 rings (SSSR count). The minimum atomic E-state index is 0.218. The van der Waals surface area contributed by atoms with E-state index in [9.17, 15) is 4.79 Å². The number of piperazine rings is 1. The van der Waals surface area contributed by atoms with Gasteiger partial charge in [-0.1, -0.05) is 42.3 Å². The number of pyridine rings is 1. The zero-order valence-corrected chi connectivity index (χ0v) is 18.8. The third kappa shape index (κ3) is 4.81. The Bertz CT molecular complexity index is 1070. The van der Waals surface area contributed by atoms with Crippen LogP contribution in [0.25, 0.3) is 22.5 Å². The number of amides is 1. The lowest BCUT2D eigenvalue weighted by Crippen LogP contribution is -2.49. The second kappa shape index (κ2) is 9.62. The van der Waals surface area contributed by atoms with Gasteiger partial charge in [0.2, 0.25) is 5.91 Å². The van der Waals surface area contributed by atoms with E-state index in [0.29, 0.717) is 48.3 Å². The van der Waals surface area contributed by atoms with Crippen LogP contribution in [0.15, 0.2) is 48.9 Å². The van der Waals surface area contributed by atoms with Crippen LogP contribution in [0.1, 0.15) is 19.8 Å². The summed E-state index contributed by atoms with van der Waals surface area (Å²) < 4.78 is 0. The molecule has 0 bridgehead atoms. The Hall–Kier alpha value is -2.70. The Morgan fingerprint density at radius 1 is 1.00 bits per heavy atom. The van der Waals surface area contributed by atoms with Gasteiger partial charge in [0.1, 0.15) is 11.5 Å². The van der Waals surface area contributed by atoms with E-state index in [1.807, 2.05) is 42.2 Å². The number of hydrogen-bond acceptors (Lipinski definition) is 5. The van der Waals surface area contributed by atoms with Crippen molar-refractivity contribution in [3.63, 3.8) is 0 Å². The van der Waals surface area contributed by atoms with Crippen LogP contribution in [0.2, 0.25) is 10.0 Å². The summed E-state index contributed by atoms with van der Waals surface area (Å²) in [5.41, 5.74) is 3.09. The molecule has 1 aromatic carbocycles. The van der Waals surface area contributed by atoms with Crippen LogP contribution >= 0.6 is 23.2 Å². The number of benzene rings is 1. The Balaban J connectivity index is 1.67. The number of anilines is 1. The molecule has 0 saturated carbocycles. The maximum atomic E-state index is 12.2. The SMILES string of the molecule is CCCC(=O)N1CCN(c2cnc(-c3ccc(Cl)cc3)c(-c3ccncc3Cl)n2)CC1. The molecule has 160 valence electrons. The maximum absolute atomic E-state index is 12.2. The van der Waals surface area contributed by atoms with Crippen molar-refractivity contribution in [2.45, 2.75) is 19.8 Å². The highest BCUT2D eigenvalue weighted by Crippen LogP contribution is 2.34. The van der Waals surface area contributed by atoms with E-state index < -0.39 is 0 Å². The molecule has 6 nitrogen and oxygen atoms in total. The van der Waals surface area contributed by atoms with Gasteiger partial charge in [-0.25, -0.2) is 4.98 Å². The summed E-state index contributed by atoms with van der Waals surface area (Å²) in [5, 5.41) is 1.17. The molecule has 1 aliphatic heterocycles. The molecule has 31 heavy (non-hydrogen) atoms. The molecular weight excluding hydrogens is 433 g/mol. The van der Waals surface area contributed by atoms with Gasteiger partial charge in [0.15, 0.2) is 0 Å². The molecule has 8 heteroatoms. The quantitative estimate of drug-likeness (QED) is 0.543. The standard InChI is InChI=1S/C23H23Cl2N5O/c1-2-3-21(31)30-12-10-29(11-13-30)20-15-27-22(16-4-6-17(24)7-5-16)23(28-20)18-8-9-26-14-19(18)25/h4-9,14-15H,2-3,10-13H2,1H3. The van der Waals surface area contributed by atoms with Gasteiger partial charge in [0.05, 0.1) is 16.9 Å². The lowest BCUT2D eigenvalue weighted by molar-refractivity contribution is -0.131. The fourth-order valence-corrected chi connectivity index (χ4v) is 4.00. The minimum Gasteiger partial charge on any atom is -0.352 e. The van der Waals surface area contributed by atoms with Gasteiger partial charge in [0, 0.05) is 61.1 Å². The Labute approximate surface area is 191 Å². The second-order valence-electron chi connectivity index (χ2n) is 7.41. The summed E-state index contributed by atoms with van der Waals surface area (Å²) in [5.74, 6) is 0.985. The predicted molar refractivity (Wildman–Crippen MR) is 124 cm³/mol.